The highest BCUT2D eigenvalue weighted by Gasteiger charge is 2.26. The Morgan fingerprint density at radius 2 is 1.92 bits per heavy atom. The van der Waals surface area contributed by atoms with Crippen molar-refractivity contribution in [2.75, 3.05) is 19.6 Å². The van der Waals surface area contributed by atoms with E-state index in [4.69, 9.17) is 0 Å². The number of piperidine rings is 1. The summed E-state index contributed by atoms with van der Waals surface area (Å²) in [5.41, 5.74) is 1.35. The number of nitrogens with one attached hydrogen (secondary N) is 1. The maximum Gasteiger partial charge on any atom is 0.272 e. The molecule has 26 heavy (non-hydrogen) atoms. The maximum atomic E-state index is 12.7. The lowest BCUT2D eigenvalue weighted by atomic mass is 10.0. The number of carbonyl (C=O) groups excluding carboxylic acids is 1. The van der Waals surface area contributed by atoms with Gasteiger partial charge in [0.25, 0.3) is 5.91 Å². The Morgan fingerprint density at radius 3 is 2.58 bits per heavy atom. The van der Waals surface area contributed by atoms with Crippen LogP contribution in [0.1, 0.15) is 36.2 Å². The Morgan fingerprint density at radius 1 is 1.15 bits per heavy atom. The summed E-state index contributed by atoms with van der Waals surface area (Å²) in [6.07, 6.45) is 10.1. The second-order valence-corrected chi connectivity index (χ2v) is 6.77. The predicted molar refractivity (Wildman–Crippen MR) is 106 cm³/mol. The molecular weight excluding hydrogens is 373 g/mol. The van der Waals surface area contributed by atoms with Crippen LogP contribution in [-0.4, -0.2) is 51.2 Å². The van der Waals surface area contributed by atoms with Gasteiger partial charge < -0.3 is 10.2 Å². The van der Waals surface area contributed by atoms with Crippen LogP contribution in [0.5, 0.6) is 0 Å². The molecule has 0 spiro atoms. The molecule has 0 aromatic carbocycles. The Bertz CT molecular complexity index is 697. The molecular formula is C18H25Cl2N5O. The molecule has 0 radical (unpaired) electrons. The first kappa shape index (κ1) is 20.7. The third-order valence-electron chi connectivity index (χ3n) is 4.91. The molecule has 1 saturated heterocycles. The Labute approximate surface area is 166 Å². The predicted octanol–water partition coefficient (Wildman–Crippen LogP) is 2.72. The summed E-state index contributed by atoms with van der Waals surface area (Å²) >= 11 is 0. The third kappa shape index (κ3) is 4.96. The van der Waals surface area contributed by atoms with E-state index in [1.807, 2.05) is 29.3 Å². The average molecular weight is 398 g/mol. The van der Waals surface area contributed by atoms with Crippen LogP contribution in [0.25, 0.3) is 5.69 Å². The van der Waals surface area contributed by atoms with Gasteiger partial charge in [0.2, 0.25) is 0 Å². The monoisotopic (exact) mass is 397 g/mol. The normalized spacial score (nSPS) is 17.3. The van der Waals surface area contributed by atoms with Crippen LogP contribution >= 0.6 is 24.8 Å². The van der Waals surface area contributed by atoms with Gasteiger partial charge in [-0.25, -0.2) is 4.68 Å². The summed E-state index contributed by atoms with van der Waals surface area (Å²) in [5.74, 6) is 0.920. The number of rotatable bonds is 5. The average Bonchev–Trinajstić information content (AvgIpc) is 3.30. The first-order chi connectivity index (χ1) is 11.8. The zero-order valence-electron chi connectivity index (χ0n) is 14.6. The molecule has 1 saturated carbocycles. The molecule has 0 unspecified atom stereocenters. The fraction of sp³-hybridized carbons (Fsp3) is 0.500. The lowest BCUT2D eigenvalue weighted by Crippen LogP contribution is -2.45. The number of carbonyl (C=O) groups is 1. The van der Waals surface area contributed by atoms with E-state index in [0.29, 0.717) is 11.7 Å². The number of amides is 1. The first-order valence-electron chi connectivity index (χ1n) is 8.78. The van der Waals surface area contributed by atoms with E-state index >= 15 is 0 Å². The molecule has 6 nitrogen and oxygen atoms in total. The van der Waals surface area contributed by atoms with Gasteiger partial charge in [-0.1, -0.05) is 0 Å². The van der Waals surface area contributed by atoms with E-state index in [2.05, 4.69) is 15.4 Å². The molecule has 3 heterocycles. The van der Waals surface area contributed by atoms with Crippen molar-refractivity contribution in [1.82, 2.24) is 25.0 Å². The van der Waals surface area contributed by atoms with Crippen LogP contribution in [0.4, 0.5) is 0 Å². The van der Waals surface area contributed by atoms with Crippen LogP contribution in [0.2, 0.25) is 0 Å². The van der Waals surface area contributed by atoms with Gasteiger partial charge >= 0.3 is 0 Å². The Hall–Kier alpha value is -1.63. The molecule has 142 valence electrons. The van der Waals surface area contributed by atoms with Crippen molar-refractivity contribution in [3.8, 4) is 5.69 Å². The molecule has 8 heteroatoms. The molecule has 2 fully saturated rings. The molecule has 1 N–H and O–H groups in total. The summed E-state index contributed by atoms with van der Waals surface area (Å²) in [4.78, 5) is 18.9. The zero-order valence-corrected chi connectivity index (χ0v) is 16.2. The molecule has 1 aliphatic heterocycles. The van der Waals surface area contributed by atoms with Crippen molar-refractivity contribution in [3.63, 3.8) is 0 Å². The summed E-state index contributed by atoms with van der Waals surface area (Å²) < 4.78 is 1.74. The van der Waals surface area contributed by atoms with Crippen molar-refractivity contribution < 1.29 is 4.79 Å². The van der Waals surface area contributed by atoms with Crippen LogP contribution < -0.4 is 5.32 Å². The van der Waals surface area contributed by atoms with Gasteiger partial charge in [0, 0.05) is 37.7 Å². The summed E-state index contributed by atoms with van der Waals surface area (Å²) in [5, 5.41) is 7.85. The zero-order chi connectivity index (χ0) is 16.4. The highest BCUT2D eigenvalue weighted by Crippen LogP contribution is 2.28. The molecule has 1 amide bonds. The van der Waals surface area contributed by atoms with Gasteiger partial charge in [-0.2, -0.15) is 5.10 Å². The maximum absolute atomic E-state index is 12.7. The van der Waals surface area contributed by atoms with E-state index in [1.54, 1.807) is 17.1 Å². The highest BCUT2D eigenvalue weighted by atomic mass is 35.5. The second kappa shape index (κ2) is 9.35. The van der Waals surface area contributed by atoms with E-state index in [0.717, 1.165) is 44.1 Å². The largest absolute Gasteiger partial charge is 0.337 e. The van der Waals surface area contributed by atoms with Crippen LogP contribution in [0, 0.1) is 5.92 Å². The van der Waals surface area contributed by atoms with E-state index in [1.165, 1.54) is 12.8 Å². The smallest absolute Gasteiger partial charge is 0.272 e. The van der Waals surface area contributed by atoms with Gasteiger partial charge in [0.15, 0.2) is 0 Å². The molecule has 2 aromatic heterocycles. The minimum atomic E-state index is 0. The van der Waals surface area contributed by atoms with E-state index < -0.39 is 0 Å². The number of halogens is 2. The van der Waals surface area contributed by atoms with Gasteiger partial charge in [0.05, 0.1) is 5.69 Å². The Kier molecular flexibility index (Phi) is 7.43. The second-order valence-electron chi connectivity index (χ2n) is 6.77. The molecule has 0 bridgehead atoms. The molecule has 1 aliphatic carbocycles. The fourth-order valence-corrected chi connectivity index (χ4v) is 3.20. The van der Waals surface area contributed by atoms with Crippen LogP contribution in [-0.2, 0) is 0 Å². The number of hydrogen-bond acceptors (Lipinski definition) is 4. The van der Waals surface area contributed by atoms with Gasteiger partial charge in [-0.3, -0.25) is 9.78 Å². The summed E-state index contributed by atoms with van der Waals surface area (Å²) in [7, 11) is 0. The van der Waals surface area contributed by atoms with Crippen molar-refractivity contribution in [2.45, 2.75) is 31.7 Å². The van der Waals surface area contributed by atoms with Crippen molar-refractivity contribution in [3.05, 3.63) is 42.5 Å². The van der Waals surface area contributed by atoms with E-state index in [9.17, 15) is 4.79 Å². The van der Waals surface area contributed by atoms with Gasteiger partial charge in [-0.05, 0) is 56.3 Å². The first-order valence-corrected chi connectivity index (χ1v) is 8.78. The standard InChI is InChI=1S/C18H23N5O.2ClH/c24-18(17-12-16(4-8-19-17)23-9-1-7-21-23)22-10-5-15(6-11-22)20-13-14-2-3-14;;/h1,4,7-9,12,14-15,20H,2-3,5-6,10-11,13H2;2*1H. The summed E-state index contributed by atoms with van der Waals surface area (Å²) in [6, 6.07) is 6.09. The number of nitrogens with zero attached hydrogens (tertiary/aromatic N) is 4. The lowest BCUT2D eigenvalue weighted by Gasteiger charge is -2.32. The topological polar surface area (TPSA) is 63.1 Å². The number of aromatic nitrogens is 3. The summed E-state index contributed by atoms with van der Waals surface area (Å²) in [6.45, 7) is 2.75. The van der Waals surface area contributed by atoms with E-state index in [-0.39, 0.29) is 30.7 Å². The molecule has 2 aromatic rings. The fourth-order valence-electron chi connectivity index (χ4n) is 3.20. The number of likely N-dealkylation sites (tertiary alicyclic amines) is 1. The van der Waals surface area contributed by atoms with Crippen LogP contribution in [0.15, 0.2) is 36.8 Å². The molecule has 4 rings (SSSR count). The van der Waals surface area contributed by atoms with Gasteiger partial charge in [0.1, 0.15) is 5.69 Å². The minimum Gasteiger partial charge on any atom is -0.337 e. The highest BCUT2D eigenvalue weighted by molar-refractivity contribution is 5.92. The van der Waals surface area contributed by atoms with Crippen molar-refractivity contribution in [2.24, 2.45) is 5.92 Å². The lowest BCUT2D eigenvalue weighted by molar-refractivity contribution is 0.0699. The van der Waals surface area contributed by atoms with Gasteiger partial charge in [-0.15, -0.1) is 24.8 Å². The minimum absolute atomic E-state index is 0. The molecule has 0 atom stereocenters. The number of pyridine rings is 1. The quantitative estimate of drug-likeness (QED) is 0.842. The van der Waals surface area contributed by atoms with Crippen molar-refractivity contribution in [1.29, 1.82) is 0 Å². The third-order valence-corrected chi connectivity index (χ3v) is 4.91. The number of hydrogen-bond donors (Lipinski definition) is 1. The Balaban J connectivity index is 0.00000121. The van der Waals surface area contributed by atoms with Crippen LogP contribution in [0.3, 0.4) is 0 Å². The SMILES string of the molecule is Cl.Cl.O=C(c1cc(-n2cccn2)ccn1)N1CCC(NCC2CC2)CC1. The van der Waals surface area contributed by atoms with Crippen molar-refractivity contribution >= 4 is 30.7 Å². The molecule has 2 aliphatic rings.